The van der Waals surface area contributed by atoms with Gasteiger partial charge in [0.2, 0.25) is 0 Å². The van der Waals surface area contributed by atoms with E-state index in [-0.39, 0.29) is 5.91 Å². The van der Waals surface area contributed by atoms with Crippen molar-refractivity contribution in [1.29, 1.82) is 0 Å². The molecular formula is C11H10Br2N2OS. The van der Waals surface area contributed by atoms with Gasteiger partial charge in [-0.2, -0.15) is 0 Å². The van der Waals surface area contributed by atoms with Gasteiger partial charge in [-0.25, -0.2) is 0 Å². The van der Waals surface area contributed by atoms with Crippen molar-refractivity contribution in [3.05, 3.63) is 43.7 Å². The molecule has 0 fully saturated rings. The second-order valence-corrected chi connectivity index (χ2v) is 6.63. The van der Waals surface area contributed by atoms with E-state index in [0.717, 1.165) is 14.8 Å². The first kappa shape index (κ1) is 12.9. The zero-order valence-corrected chi connectivity index (χ0v) is 12.8. The molecule has 17 heavy (non-hydrogen) atoms. The van der Waals surface area contributed by atoms with Crippen LogP contribution in [0.2, 0.25) is 0 Å². The van der Waals surface area contributed by atoms with Gasteiger partial charge in [-0.3, -0.25) is 4.79 Å². The number of amides is 1. The number of hydrogen-bond acceptors (Lipinski definition) is 2. The summed E-state index contributed by atoms with van der Waals surface area (Å²) in [5.74, 6) is -0.0337. The van der Waals surface area contributed by atoms with Crippen molar-refractivity contribution in [3.63, 3.8) is 0 Å². The second kappa shape index (κ2) is 5.84. The van der Waals surface area contributed by atoms with Crippen LogP contribution in [0.1, 0.15) is 9.67 Å². The monoisotopic (exact) mass is 376 g/mol. The zero-order chi connectivity index (χ0) is 12.3. The average Bonchev–Trinajstić information content (AvgIpc) is 2.90. The van der Waals surface area contributed by atoms with Crippen LogP contribution in [0.25, 0.3) is 0 Å². The molecule has 2 heterocycles. The summed E-state index contributed by atoms with van der Waals surface area (Å²) in [5, 5.41) is 2.89. The fourth-order valence-corrected chi connectivity index (χ4v) is 3.32. The zero-order valence-electron chi connectivity index (χ0n) is 8.82. The molecule has 2 aromatic rings. The van der Waals surface area contributed by atoms with Crippen molar-refractivity contribution in [3.8, 4) is 0 Å². The van der Waals surface area contributed by atoms with E-state index in [4.69, 9.17) is 0 Å². The van der Waals surface area contributed by atoms with E-state index in [1.54, 1.807) is 0 Å². The van der Waals surface area contributed by atoms with Crippen LogP contribution >= 0.6 is 43.2 Å². The summed E-state index contributed by atoms with van der Waals surface area (Å²) in [4.78, 5) is 12.5. The second-order valence-electron chi connectivity index (χ2n) is 3.41. The van der Waals surface area contributed by atoms with Gasteiger partial charge in [-0.05, 0) is 50.1 Å². The molecular weight excluding hydrogens is 368 g/mol. The maximum Gasteiger partial charge on any atom is 0.261 e. The highest BCUT2D eigenvalue weighted by molar-refractivity contribution is 9.13. The van der Waals surface area contributed by atoms with E-state index in [9.17, 15) is 4.79 Å². The van der Waals surface area contributed by atoms with Crippen molar-refractivity contribution in [2.75, 3.05) is 6.54 Å². The predicted octanol–water partition coefficient (Wildman–Crippen LogP) is 3.50. The lowest BCUT2D eigenvalue weighted by Gasteiger charge is -2.04. The van der Waals surface area contributed by atoms with Crippen LogP contribution in [-0.4, -0.2) is 17.0 Å². The Balaban J connectivity index is 1.85. The molecule has 0 radical (unpaired) electrons. The van der Waals surface area contributed by atoms with Gasteiger partial charge in [0.15, 0.2) is 0 Å². The number of nitrogens with zero attached hydrogens (tertiary/aromatic N) is 1. The topological polar surface area (TPSA) is 34.0 Å². The molecule has 1 N–H and O–H groups in total. The van der Waals surface area contributed by atoms with E-state index < -0.39 is 0 Å². The van der Waals surface area contributed by atoms with Crippen molar-refractivity contribution < 1.29 is 4.79 Å². The first-order valence-electron chi connectivity index (χ1n) is 5.00. The molecule has 0 saturated carbocycles. The van der Waals surface area contributed by atoms with Gasteiger partial charge in [0.1, 0.15) is 0 Å². The molecule has 0 aliphatic rings. The normalized spacial score (nSPS) is 10.5. The third-order valence-corrected chi connectivity index (χ3v) is 5.45. The Morgan fingerprint density at radius 2 is 2.06 bits per heavy atom. The van der Waals surface area contributed by atoms with E-state index >= 15 is 0 Å². The lowest BCUT2D eigenvalue weighted by Crippen LogP contribution is -2.26. The highest BCUT2D eigenvalue weighted by atomic mass is 79.9. The molecule has 2 rings (SSSR count). The van der Waals surface area contributed by atoms with Crippen LogP contribution in [0.3, 0.4) is 0 Å². The molecule has 0 aliphatic heterocycles. The van der Waals surface area contributed by atoms with Crippen molar-refractivity contribution in [1.82, 2.24) is 9.88 Å². The van der Waals surface area contributed by atoms with Crippen molar-refractivity contribution >= 4 is 49.1 Å². The Bertz CT molecular complexity index is 488. The molecule has 3 nitrogen and oxygen atoms in total. The number of nitrogens with one attached hydrogen (secondary N) is 1. The van der Waals surface area contributed by atoms with Gasteiger partial charge in [-0.15, -0.1) is 11.3 Å². The molecule has 90 valence electrons. The molecule has 0 spiro atoms. The first-order chi connectivity index (χ1) is 8.16. The summed E-state index contributed by atoms with van der Waals surface area (Å²) in [6.45, 7) is 1.41. The Hall–Kier alpha value is -0.590. The van der Waals surface area contributed by atoms with Gasteiger partial charge in [-0.1, -0.05) is 0 Å². The van der Waals surface area contributed by atoms with Crippen LogP contribution in [0, 0.1) is 0 Å². The lowest BCUT2D eigenvalue weighted by atomic mass is 10.4. The fourth-order valence-electron chi connectivity index (χ4n) is 1.36. The maximum absolute atomic E-state index is 11.8. The van der Waals surface area contributed by atoms with Crippen LogP contribution in [0.4, 0.5) is 0 Å². The minimum Gasteiger partial charge on any atom is -0.353 e. The molecule has 6 heteroatoms. The van der Waals surface area contributed by atoms with Gasteiger partial charge < -0.3 is 9.88 Å². The summed E-state index contributed by atoms with van der Waals surface area (Å²) in [6.07, 6.45) is 3.95. The molecule has 0 saturated heterocycles. The van der Waals surface area contributed by atoms with E-state index in [1.807, 2.05) is 35.2 Å². The Morgan fingerprint density at radius 3 is 2.65 bits per heavy atom. The Morgan fingerprint density at radius 1 is 1.35 bits per heavy atom. The molecule has 0 bridgehead atoms. The summed E-state index contributed by atoms with van der Waals surface area (Å²) in [7, 11) is 0. The number of aromatic nitrogens is 1. The molecule has 0 aliphatic carbocycles. The van der Waals surface area contributed by atoms with Crippen LogP contribution in [0.5, 0.6) is 0 Å². The number of carbonyl (C=O) groups is 1. The SMILES string of the molecule is O=C(NCCn1cccc1)c1cc(Br)c(Br)s1. The summed E-state index contributed by atoms with van der Waals surface area (Å²) in [5.41, 5.74) is 0. The third kappa shape index (κ3) is 3.43. The molecule has 0 unspecified atom stereocenters. The first-order valence-corrected chi connectivity index (χ1v) is 7.41. The minimum absolute atomic E-state index is 0.0337. The highest BCUT2D eigenvalue weighted by Crippen LogP contribution is 2.32. The number of carbonyl (C=O) groups excluding carboxylic acids is 1. The summed E-state index contributed by atoms with van der Waals surface area (Å²) < 4.78 is 3.88. The number of rotatable bonds is 4. The van der Waals surface area contributed by atoms with E-state index in [1.165, 1.54) is 11.3 Å². The lowest BCUT2D eigenvalue weighted by molar-refractivity contribution is 0.0956. The minimum atomic E-state index is -0.0337. The average molecular weight is 378 g/mol. The Kier molecular flexibility index (Phi) is 4.42. The Labute approximate surface area is 120 Å². The third-order valence-electron chi connectivity index (χ3n) is 2.19. The summed E-state index contributed by atoms with van der Waals surface area (Å²) >= 11 is 8.16. The smallest absolute Gasteiger partial charge is 0.261 e. The number of thiophene rings is 1. The fraction of sp³-hybridized carbons (Fsp3) is 0.182. The van der Waals surface area contributed by atoms with Crippen molar-refractivity contribution in [2.45, 2.75) is 6.54 Å². The van der Waals surface area contributed by atoms with E-state index in [0.29, 0.717) is 11.4 Å². The van der Waals surface area contributed by atoms with Gasteiger partial charge >= 0.3 is 0 Å². The predicted molar refractivity (Wildman–Crippen MR) is 76.5 cm³/mol. The molecule has 0 aromatic carbocycles. The molecule has 2 aromatic heterocycles. The maximum atomic E-state index is 11.8. The van der Waals surface area contributed by atoms with E-state index in [2.05, 4.69) is 37.2 Å². The van der Waals surface area contributed by atoms with Gasteiger partial charge in [0.25, 0.3) is 5.91 Å². The molecule has 0 atom stereocenters. The van der Waals surface area contributed by atoms with Crippen LogP contribution in [-0.2, 0) is 6.54 Å². The standard InChI is InChI=1S/C11H10Br2N2OS/c12-8-7-9(17-10(8)13)11(16)14-3-6-15-4-1-2-5-15/h1-2,4-5,7H,3,6H2,(H,14,16). The molecule has 1 amide bonds. The van der Waals surface area contributed by atoms with Crippen molar-refractivity contribution in [2.24, 2.45) is 0 Å². The van der Waals surface area contributed by atoms with Gasteiger partial charge in [0.05, 0.1) is 8.66 Å². The largest absolute Gasteiger partial charge is 0.353 e. The highest BCUT2D eigenvalue weighted by Gasteiger charge is 2.11. The van der Waals surface area contributed by atoms with Crippen LogP contribution < -0.4 is 5.32 Å². The van der Waals surface area contributed by atoms with Gasteiger partial charge in [0, 0.05) is 30.0 Å². The quantitative estimate of drug-likeness (QED) is 0.869. The number of halogens is 2. The summed E-state index contributed by atoms with van der Waals surface area (Å²) in [6, 6.07) is 5.75. The van der Waals surface area contributed by atoms with Crippen LogP contribution in [0.15, 0.2) is 38.9 Å². The number of hydrogen-bond donors (Lipinski definition) is 1.